The molecule has 3 fully saturated rings. The van der Waals surface area contributed by atoms with Gasteiger partial charge in [0.1, 0.15) is 0 Å². The summed E-state index contributed by atoms with van der Waals surface area (Å²) in [5.41, 5.74) is 0. The molecule has 3 rings (SSSR count). The molecule has 2 atom stereocenters. The second-order valence-electron chi connectivity index (χ2n) is 8.17. The molecule has 2 unspecified atom stereocenters. The van der Waals surface area contributed by atoms with Gasteiger partial charge in [-0.2, -0.15) is 10.2 Å². The van der Waals surface area contributed by atoms with Crippen LogP contribution in [0, 0.1) is 0 Å². The Morgan fingerprint density at radius 1 is 0.731 bits per heavy atom. The van der Waals surface area contributed by atoms with Crippen molar-refractivity contribution in [1.29, 1.82) is 0 Å². The molecule has 3 saturated carbocycles. The molecule has 8 heteroatoms. The summed E-state index contributed by atoms with van der Waals surface area (Å²) >= 11 is 0. The Bertz CT molecular complexity index is 544. The van der Waals surface area contributed by atoms with E-state index >= 15 is 0 Å². The van der Waals surface area contributed by atoms with Crippen molar-refractivity contribution in [2.45, 2.75) is 113 Å². The van der Waals surface area contributed by atoms with E-state index in [4.69, 9.17) is 0 Å². The third-order valence-electron chi connectivity index (χ3n) is 6.17. The van der Waals surface area contributed by atoms with Crippen LogP contribution in [0.4, 0.5) is 0 Å². The van der Waals surface area contributed by atoms with E-state index in [1.165, 1.54) is 32.1 Å². The van der Waals surface area contributed by atoms with Gasteiger partial charge in [0.05, 0.1) is 27.5 Å². The molecule has 0 spiro atoms. The van der Waals surface area contributed by atoms with Gasteiger partial charge in [0, 0.05) is 12.1 Å². The van der Waals surface area contributed by atoms with Gasteiger partial charge in [-0.3, -0.25) is 0 Å². The van der Waals surface area contributed by atoms with E-state index in [1.54, 1.807) is 0 Å². The van der Waals surface area contributed by atoms with Crippen molar-refractivity contribution in [3.05, 3.63) is 0 Å². The van der Waals surface area contributed by atoms with Gasteiger partial charge in [0.15, 0.2) is 0 Å². The van der Waals surface area contributed by atoms with Crippen LogP contribution in [0.2, 0.25) is 0 Å². The number of hydrogen-bond acceptors (Lipinski definition) is 6. The topological polar surface area (TPSA) is 94.0 Å². The minimum atomic E-state index is -4.18. The molecule has 0 heterocycles. The van der Waals surface area contributed by atoms with Crippen molar-refractivity contribution in [2.24, 2.45) is 10.2 Å². The summed E-state index contributed by atoms with van der Waals surface area (Å²) in [6, 6.07) is 1.53. The molecular weight excluding hydrogens is 361 g/mol. The van der Waals surface area contributed by atoms with E-state index < -0.39 is 15.4 Å². The predicted octanol–water partition coefficient (Wildman–Crippen LogP) is 0.533. The third-order valence-corrected chi connectivity index (χ3v) is 7.42. The van der Waals surface area contributed by atoms with E-state index in [0.29, 0.717) is 24.9 Å². The maximum Gasteiger partial charge on any atom is 1.00 e. The first-order valence-electron chi connectivity index (χ1n) is 10.1. The van der Waals surface area contributed by atoms with Crippen LogP contribution < -0.4 is 34.9 Å². The van der Waals surface area contributed by atoms with Crippen molar-refractivity contribution in [1.82, 2.24) is 5.32 Å². The zero-order valence-electron chi connectivity index (χ0n) is 16.1. The number of hydrogen-bond donors (Lipinski definition) is 1. The molecule has 3 aliphatic rings. The van der Waals surface area contributed by atoms with Gasteiger partial charge in [0.25, 0.3) is 0 Å². The van der Waals surface area contributed by atoms with Crippen LogP contribution in [-0.2, 0) is 10.1 Å². The zero-order chi connectivity index (χ0) is 17.7. The third kappa shape index (κ3) is 7.13. The Morgan fingerprint density at radius 3 is 2.00 bits per heavy atom. The van der Waals surface area contributed by atoms with Gasteiger partial charge in [-0.05, 0) is 57.8 Å². The van der Waals surface area contributed by atoms with Crippen molar-refractivity contribution in [3.8, 4) is 0 Å². The summed E-state index contributed by atoms with van der Waals surface area (Å²) in [7, 11) is -4.18. The van der Waals surface area contributed by atoms with E-state index in [0.717, 1.165) is 38.5 Å². The minimum Gasteiger partial charge on any atom is -0.748 e. The Morgan fingerprint density at radius 2 is 1.35 bits per heavy atom. The fourth-order valence-electron chi connectivity index (χ4n) is 4.64. The SMILES string of the molecule is O=S(=O)([O-])C1CCCC(N=NC2CCC(NC3CCCCC3)CC2)C1.[Na+]. The van der Waals surface area contributed by atoms with Gasteiger partial charge in [0.2, 0.25) is 0 Å². The van der Waals surface area contributed by atoms with E-state index in [2.05, 4.69) is 15.5 Å². The average molecular weight is 394 g/mol. The summed E-state index contributed by atoms with van der Waals surface area (Å²) in [6.45, 7) is 0. The molecule has 0 saturated heterocycles. The first-order chi connectivity index (χ1) is 12.0. The number of azo groups is 1. The maximum absolute atomic E-state index is 11.2. The summed E-state index contributed by atoms with van der Waals surface area (Å²) in [4.78, 5) is 0. The molecule has 1 N–H and O–H groups in total. The van der Waals surface area contributed by atoms with Crippen LogP contribution in [0.1, 0.15) is 83.5 Å². The average Bonchev–Trinajstić information content (AvgIpc) is 2.62. The standard InChI is InChI=1S/C18H33N3O3S.Na/c22-25(23,24)18-8-4-7-17(13-18)21-20-16-11-9-15(10-12-16)19-14-5-2-1-3-6-14;/h14-19H,1-13H2,(H,22,23,24);/q;+1/p-1. The summed E-state index contributed by atoms with van der Waals surface area (Å²) in [5, 5.41) is 12.0. The Kier molecular flexibility index (Phi) is 9.51. The van der Waals surface area contributed by atoms with Crippen molar-refractivity contribution in [3.63, 3.8) is 0 Å². The molecule has 0 aliphatic heterocycles. The van der Waals surface area contributed by atoms with Crippen LogP contribution in [-0.4, -0.2) is 42.4 Å². The van der Waals surface area contributed by atoms with Crippen LogP contribution in [0.3, 0.4) is 0 Å². The van der Waals surface area contributed by atoms with E-state index in [9.17, 15) is 13.0 Å². The van der Waals surface area contributed by atoms with E-state index in [-0.39, 0.29) is 41.6 Å². The molecule has 0 radical (unpaired) electrons. The summed E-state index contributed by atoms with van der Waals surface area (Å²) in [5.74, 6) is 0. The second-order valence-corrected chi connectivity index (χ2v) is 9.83. The molecule has 144 valence electrons. The summed E-state index contributed by atoms with van der Waals surface area (Å²) < 4.78 is 33.6. The molecule has 6 nitrogen and oxygen atoms in total. The first-order valence-corrected chi connectivity index (χ1v) is 11.6. The van der Waals surface area contributed by atoms with E-state index in [1.807, 2.05) is 0 Å². The summed E-state index contributed by atoms with van der Waals surface area (Å²) in [6.07, 6.45) is 13.6. The van der Waals surface area contributed by atoms with Gasteiger partial charge >= 0.3 is 29.6 Å². The Balaban J connectivity index is 0.00000243. The number of nitrogens with one attached hydrogen (secondary N) is 1. The van der Waals surface area contributed by atoms with Crippen LogP contribution >= 0.6 is 0 Å². The second kappa shape index (κ2) is 10.9. The van der Waals surface area contributed by atoms with Gasteiger partial charge in [-0.1, -0.05) is 25.7 Å². The Hall–Kier alpha value is 0.470. The fraction of sp³-hybridized carbons (Fsp3) is 1.00. The smallest absolute Gasteiger partial charge is 0.748 e. The van der Waals surface area contributed by atoms with Gasteiger partial charge in [-0.15, -0.1) is 0 Å². The molecular formula is C18H32N3NaO3S. The molecule has 26 heavy (non-hydrogen) atoms. The van der Waals surface area contributed by atoms with Crippen LogP contribution in [0.5, 0.6) is 0 Å². The molecule has 0 aromatic rings. The normalized spacial score (nSPS) is 34.5. The van der Waals surface area contributed by atoms with Crippen LogP contribution in [0.15, 0.2) is 10.2 Å². The van der Waals surface area contributed by atoms with Crippen molar-refractivity contribution < 1.29 is 42.5 Å². The molecule has 0 amide bonds. The van der Waals surface area contributed by atoms with Crippen LogP contribution in [0.25, 0.3) is 0 Å². The fourth-order valence-corrected chi connectivity index (χ4v) is 5.55. The molecule has 3 aliphatic carbocycles. The minimum absolute atomic E-state index is 0. The number of nitrogens with zero attached hydrogens (tertiary/aromatic N) is 2. The molecule has 0 bridgehead atoms. The largest absolute Gasteiger partial charge is 1.00 e. The predicted molar refractivity (Wildman–Crippen MR) is 96.6 cm³/mol. The van der Waals surface area contributed by atoms with Crippen molar-refractivity contribution in [2.75, 3.05) is 0 Å². The molecule has 0 aromatic carbocycles. The quantitative estimate of drug-likeness (QED) is 0.419. The first kappa shape index (κ1) is 22.8. The monoisotopic (exact) mass is 393 g/mol. The molecule has 0 aromatic heterocycles. The Labute approximate surface area is 180 Å². The number of rotatable bonds is 5. The van der Waals surface area contributed by atoms with Gasteiger partial charge in [-0.25, -0.2) is 8.42 Å². The zero-order valence-corrected chi connectivity index (χ0v) is 18.9. The maximum atomic E-state index is 11.2. The van der Waals surface area contributed by atoms with Crippen molar-refractivity contribution >= 4 is 10.1 Å². The van der Waals surface area contributed by atoms with Gasteiger partial charge < -0.3 is 9.87 Å².